The lowest BCUT2D eigenvalue weighted by Gasteiger charge is -2.12. The highest BCUT2D eigenvalue weighted by atomic mass is 16.3. The van der Waals surface area contributed by atoms with Crippen LogP contribution in [0.3, 0.4) is 0 Å². The molecule has 0 atom stereocenters. The number of hydrogen-bond acceptors (Lipinski definition) is 4. The first-order valence-corrected chi connectivity index (χ1v) is 18.5. The normalized spacial score (nSPS) is 12.0. The first kappa shape index (κ1) is 29.9. The van der Waals surface area contributed by atoms with Crippen LogP contribution in [-0.2, 0) is 0 Å². The van der Waals surface area contributed by atoms with Gasteiger partial charge in [0.2, 0.25) is 5.71 Å². The largest absolute Gasteiger partial charge is 0.435 e. The number of furan rings is 1. The van der Waals surface area contributed by atoms with Crippen LogP contribution in [0.2, 0.25) is 0 Å². The summed E-state index contributed by atoms with van der Waals surface area (Å²) >= 11 is 0. The van der Waals surface area contributed by atoms with Gasteiger partial charge in [0.15, 0.2) is 11.4 Å². The van der Waals surface area contributed by atoms with Gasteiger partial charge in [0.25, 0.3) is 0 Å². The van der Waals surface area contributed by atoms with Crippen LogP contribution < -0.4 is 0 Å². The molecule has 0 N–H and O–H groups in total. The zero-order valence-corrected chi connectivity index (χ0v) is 29.4. The molecule has 55 heavy (non-hydrogen) atoms. The highest BCUT2D eigenvalue weighted by molar-refractivity contribution is 6.25. The van der Waals surface area contributed by atoms with Gasteiger partial charge in [0.05, 0.1) is 44.4 Å². The Kier molecular flexibility index (Phi) is 6.24. The SMILES string of the molecule is c1ccc(-c2nc(-c3ccccc3)c3c(n2)oc2c(-n4c5ccccc5c5cnc6c(ccc7c8ccccc8n(-c8ccccc8)c76)c54)cccc23)cc1. The van der Waals surface area contributed by atoms with Crippen molar-refractivity contribution in [1.82, 2.24) is 24.1 Å². The maximum atomic E-state index is 6.94. The van der Waals surface area contributed by atoms with Crippen molar-refractivity contribution in [2.45, 2.75) is 0 Å². The van der Waals surface area contributed by atoms with E-state index in [1.165, 1.54) is 10.8 Å². The van der Waals surface area contributed by atoms with Gasteiger partial charge in [-0.25, -0.2) is 4.98 Å². The van der Waals surface area contributed by atoms with Crippen molar-refractivity contribution < 1.29 is 4.42 Å². The molecule has 0 spiro atoms. The van der Waals surface area contributed by atoms with E-state index < -0.39 is 0 Å². The molecule has 12 rings (SSSR count). The molecule has 0 aliphatic heterocycles. The quantitative estimate of drug-likeness (QED) is 0.183. The second-order valence-electron chi connectivity index (χ2n) is 14.0. The monoisotopic (exact) mass is 703 g/mol. The standard InChI is InChI=1S/C49H29N5O/c1-4-15-30(16-5-1)43-42-36-23-14-26-41(47(36)55-49(42)52-48(51-43)31-17-6-2-7-18-31)54-40-25-13-11-22-34(40)38-29-50-44-37(45(38)54)28-27-35-33-21-10-12-24-39(33)53(46(35)44)32-19-8-3-9-20-32/h1-29H. The molecule has 12 aromatic rings. The first-order valence-electron chi connectivity index (χ1n) is 18.5. The number of para-hydroxylation sites is 4. The molecule has 0 saturated carbocycles. The number of fused-ring (bicyclic) bond motifs is 12. The average Bonchev–Trinajstić information content (AvgIpc) is 3.92. The van der Waals surface area contributed by atoms with Gasteiger partial charge in [-0.3, -0.25) is 4.98 Å². The summed E-state index contributed by atoms with van der Waals surface area (Å²) < 4.78 is 11.6. The molecule has 0 saturated heterocycles. The van der Waals surface area contributed by atoms with E-state index in [0.29, 0.717) is 11.5 Å². The van der Waals surface area contributed by atoms with Crippen LogP contribution in [0.4, 0.5) is 0 Å². The number of rotatable bonds is 4. The topological polar surface area (TPSA) is 61.7 Å². The van der Waals surface area contributed by atoms with Crippen LogP contribution in [0.1, 0.15) is 0 Å². The van der Waals surface area contributed by atoms with E-state index in [1.54, 1.807) is 0 Å². The van der Waals surface area contributed by atoms with Crippen molar-refractivity contribution in [3.05, 3.63) is 176 Å². The van der Waals surface area contributed by atoms with E-state index >= 15 is 0 Å². The van der Waals surface area contributed by atoms with Gasteiger partial charge < -0.3 is 13.6 Å². The lowest BCUT2D eigenvalue weighted by molar-refractivity contribution is 0.651. The minimum absolute atomic E-state index is 0.552. The Morgan fingerprint density at radius 2 is 1.05 bits per heavy atom. The van der Waals surface area contributed by atoms with Gasteiger partial charge in [-0.1, -0.05) is 133 Å². The fourth-order valence-corrected chi connectivity index (χ4v) is 8.63. The van der Waals surface area contributed by atoms with Gasteiger partial charge >= 0.3 is 0 Å². The lowest BCUT2D eigenvalue weighted by Crippen LogP contribution is -1.97. The Bertz CT molecular complexity index is 3470. The van der Waals surface area contributed by atoms with Crippen LogP contribution in [-0.4, -0.2) is 24.1 Å². The Morgan fingerprint density at radius 3 is 1.82 bits per heavy atom. The van der Waals surface area contributed by atoms with Gasteiger partial charge in [-0.15, -0.1) is 0 Å². The molecule has 5 heterocycles. The van der Waals surface area contributed by atoms with Gasteiger partial charge in [0, 0.05) is 55.3 Å². The van der Waals surface area contributed by atoms with Crippen molar-refractivity contribution in [1.29, 1.82) is 0 Å². The van der Waals surface area contributed by atoms with Crippen LogP contribution in [0.5, 0.6) is 0 Å². The number of benzene rings is 7. The smallest absolute Gasteiger partial charge is 0.231 e. The van der Waals surface area contributed by atoms with Crippen LogP contribution in [0.25, 0.3) is 111 Å². The molecule has 0 fully saturated rings. The lowest BCUT2D eigenvalue weighted by atomic mass is 10.0. The summed E-state index contributed by atoms with van der Waals surface area (Å²) in [5.74, 6) is 0.624. The Hall–Kier alpha value is -7.57. The molecule has 0 bridgehead atoms. The summed E-state index contributed by atoms with van der Waals surface area (Å²) in [4.78, 5) is 15.5. The third kappa shape index (κ3) is 4.27. The summed E-state index contributed by atoms with van der Waals surface area (Å²) in [6.07, 6.45) is 2.05. The van der Waals surface area contributed by atoms with Crippen molar-refractivity contribution in [2.75, 3.05) is 0 Å². The molecule has 0 aliphatic carbocycles. The van der Waals surface area contributed by atoms with Crippen LogP contribution in [0.15, 0.2) is 180 Å². The second-order valence-corrected chi connectivity index (χ2v) is 14.0. The second kappa shape index (κ2) is 11.5. The zero-order valence-electron chi connectivity index (χ0n) is 29.4. The highest BCUT2D eigenvalue weighted by Crippen LogP contribution is 2.44. The van der Waals surface area contributed by atoms with Crippen molar-refractivity contribution in [3.8, 4) is 34.0 Å². The molecule has 7 aromatic carbocycles. The number of pyridine rings is 1. The molecule has 0 radical (unpaired) electrons. The summed E-state index contributed by atoms with van der Waals surface area (Å²) in [6.45, 7) is 0. The number of aromatic nitrogens is 5. The highest BCUT2D eigenvalue weighted by Gasteiger charge is 2.24. The van der Waals surface area contributed by atoms with Crippen molar-refractivity contribution in [3.63, 3.8) is 0 Å². The minimum atomic E-state index is 0.552. The molecule has 6 nitrogen and oxygen atoms in total. The molecule has 6 heteroatoms. The summed E-state index contributed by atoms with van der Waals surface area (Å²) in [7, 11) is 0. The van der Waals surface area contributed by atoms with Gasteiger partial charge in [0.1, 0.15) is 0 Å². The molecule has 0 aliphatic rings. The third-order valence-corrected chi connectivity index (χ3v) is 11.0. The van der Waals surface area contributed by atoms with Gasteiger partial charge in [-0.2, -0.15) is 4.98 Å². The molecule has 0 unspecified atom stereocenters. The Morgan fingerprint density at radius 1 is 0.436 bits per heavy atom. The van der Waals surface area contributed by atoms with Crippen molar-refractivity contribution in [2.24, 2.45) is 0 Å². The van der Waals surface area contributed by atoms with E-state index in [-0.39, 0.29) is 0 Å². The fraction of sp³-hybridized carbons (Fsp3) is 0. The Labute approximate surface area is 314 Å². The maximum Gasteiger partial charge on any atom is 0.231 e. The van der Waals surface area contributed by atoms with Gasteiger partial charge in [-0.05, 0) is 36.4 Å². The summed E-state index contributed by atoms with van der Waals surface area (Å²) in [6, 6.07) is 59.1. The zero-order chi connectivity index (χ0) is 36.0. The minimum Gasteiger partial charge on any atom is -0.435 e. The number of nitrogens with zero attached hydrogens (tertiary/aromatic N) is 5. The van der Waals surface area contributed by atoms with Crippen molar-refractivity contribution >= 4 is 76.6 Å². The predicted molar refractivity (Wildman–Crippen MR) is 224 cm³/mol. The Balaban J connectivity index is 1.21. The van der Waals surface area contributed by atoms with E-state index in [9.17, 15) is 0 Å². The molecule has 256 valence electrons. The summed E-state index contributed by atoms with van der Waals surface area (Å²) in [5, 5.41) is 7.48. The fourth-order valence-electron chi connectivity index (χ4n) is 8.63. The summed E-state index contributed by atoms with van der Waals surface area (Å²) in [5.41, 5.74) is 11.4. The third-order valence-electron chi connectivity index (χ3n) is 11.0. The van der Waals surface area contributed by atoms with E-state index in [4.69, 9.17) is 19.4 Å². The average molecular weight is 704 g/mol. The van der Waals surface area contributed by atoms with Crippen LogP contribution >= 0.6 is 0 Å². The number of hydrogen-bond donors (Lipinski definition) is 0. The van der Waals surface area contributed by atoms with Crippen LogP contribution in [0, 0.1) is 0 Å². The maximum absolute atomic E-state index is 6.94. The molecule has 0 amide bonds. The molecule has 5 aromatic heterocycles. The molecular weight excluding hydrogens is 675 g/mol. The predicted octanol–water partition coefficient (Wildman–Crippen LogP) is 12.5. The molecular formula is C49H29N5O. The van der Waals surface area contributed by atoms with E-state index in [0.717, 1.165) is 88.3 Å². The van der Waals surface area contributed by atoms with E-state index in [2.05, 4.69) is 130 Å². The van der Waals surface area contributed by atoms with E-state index in [1.807, 2.05) is 54.7 Å². The first-order chi connectivity index (χ1) is 27.3.